The molecule has 0 N–H and O–H groups in total. The van der Waals surface area contributed by atoms with Crippen molar-refractivity contribution in [3.05, 3.63) is 29.3 Å². The fraction of sp³-hybridized carbons (Fsp3) is 0.759. The smallest absolute Gasteiger partial charge is 0.314 e. The monoisotopic (exact) mass is 462 g/mol. The van der Waals surface area contributed by atoms with E-state index < -0.39 is 17.6 Å². The molecule has 0 bridgehead atoms. The van der Waals surface area contributed by atoms with Gasteiger partial charge in [0, 0.05) is 0 Å². The zero-order valence-electron chi connectivity index (χ0n) is 20.9. The first-order valence-corrected chi connectivity index (χ1v) is 13.7. The van der Waals surface area contributed by atoms with Crippen LogP contribution in [-0.4, -0.2) is 5.97 Å². The maximum atomic E-state index is 14.6. The third-order valence-electron chi connectivity index (χ3n) is 8.25. The maximum Gasteiger partial charge on any atom is 0.314 e. The number of halogens is 2. The summed E-state index contributed by atoms with van der Waals surface area (Å²) >= 11 is 0. The van der Waals surface area contributed by atoms with Crippen molar-refractivity contribution in [1.82, 2.24) is 0 Å². The van der Waals surface area contributed by atoms with E-state index >= 15 is 0 Å². The predicted octanol–water partition coefficient (Wildman–Crippen LogP) is 8.80. The Kier molecular flexibility index (Phi) is 10.7. The third-order valence-corrected chi connectivity index (χ3v) is 8.25. The number of carbonyl (C=O) groups is 1. The van der Waals surface area contributed by atoms with Crippen LogP contribution in [0, 0.1) is 35.3 Å². The highest BCUT2D eigenvalue weighted by atomic mass is 19.2. The molecule has 2 aliphatic carbocycles. The van der Waals surface area contributed by atoms with Crippen LogP contribution in [0.2, 0.25) is 0 Å². The van der Waals surface area contributed by atoms with Gasteiger partial charge in [0.05, 0.1) is 5.92 Å². The molecular formula is C29H44F2O2. The minimum absolute atomic E-state index is 0.196. The maximum absolute atomic E-state index is 14.6. The fourth-order valence-electron chi connectivity index (χ4n) is 6.14. The third kappa shape index (κ3) is 7.52. The van der Waals surface area contributed by atoms with Crippen molar-refractivity contribution in [2.45, 2.75) is 117 Å². The first-order valence-electron chi connectivity index (χ1n) is 13.7. The number of hydrogen-bond acceptors (Lipinski definition) is 2. The lowest BCUT2D eigenvalue weighted by Gasteiger charge is -2.37. The second-order valence-electron chi connectivity index (χ2n) is 10.6. The molecule has 0 saturated heterocycles. The number of aryl methyl sites for hydroxylation is 1. The number of hydrogen-bond donors (Lipinski definition) is 0. The van der Waals surface area contributed by atoms with Gasteiger partial charge in [0.2, 0.25) is 5.82 Å². The van der Waals surface area contributed by atoms with Gasteiger partial charge < -0.3 is 4.74 Å². The van der Waals surface area contributed by atoms with E-state index in [-0.39, 0.29) is 11.7 Å². The van der Waals surface area contributed by atoms with Crippen molar-refractivity contribution >= 4 is 5.97 Å². The van der Waals surface area contributed by atoms with Crippen molar-refractivity contribution < 1.29 is 18.3 Å². The van der Waals surface area contributed by atoms with Gasteiger partial charge in [-0.1, -0.05) is 71.3 Å². The van der Waals surface area contributed by atoms with Gasteiger partial charge in [0.15, 0.2) is 11.6 Å². The summed E-state index contributed by atoms with van der Waals surface area (Å²) < 4.78 is 34.4. The number of carbonyl (C=O) groups excluding carboxylic acids is 1. The van der Waals surface area contributed by atoms with Crippen LogP contribution in [0.15, 0.2) is 12.1 Å². The van der Waals surface area contributed by atoms with E-state index in [1.807, 2.05) is 0 Å². The number of rotatable bonds is 11. The van der Waals surface area contributed by atoms with E-state index in [0.717, 1.165) is 63.2 Å². The molecule has 2 fully saturated rings. The summed E-state index contributed by atoms with van der Waals surface area (Å²) in [6, 6.07) is 3.00. The Balaban J connectivity index is 1.44. The van der Waals surface area contributed by atoms with Crippen LogP contribution in [0.3, 0.4) is 0 Å². The second kappa shape index (κ2) is 13.4. The van der Waals surface area contributed by atoms with Crippen LogP contribution < -0.4 is 4.74 Å². The first kappa shape index (κ1) is 26.2. The highest BCUT2D eigenvalue weighted by molar-refractivity contribution is 5.75. The molecular weight excluding hydrogens is 418 g/mol. The first-order chi connectivity index (χ1) is 16.0. The molecule has 186 valence electrons. The van der Waals surface area contributed by atoms with Crippen LogP contribution in [0.1, 0.15) is 116 Å². The van der Waals surface area contributed by atoms with Gasteiger partial charge in [-0.2, -0.15) is 4.39 Å². The Hall–Kier alpha value is -1.45. The number of ether oxygens (including phenoxy) is 1. The molecule has 33 heavy (non-hydrogen) atoms. The van der Waals surface area contributed by atoms with Gasteiger partial charge in [0.25, 0.3) is 0 Å². The van der Waals surface area contributed by atoms with E-state index in [0.29, 0.717) is 17.9 Å². The normalized spacial score (nSPS) is 25.7. The summed E-state index contributed by atoms with van der Waals surface area (Å²) in [6.45, 7) is 4.43. The van der Waals surface area contributed by atoms with Crippen LogP contribution in [-0.2, 0) is 11.2 Å². The summed E-state index contributed by atoms with van der Waals surface area (Å²) in [5.74, 6) is -0.309. The summed E-state index contributed by atoms with van der Waals surface area (Å²) in [7, 11) is 0. The standard InChI is InChI=1S/C29H44F2O2/c1-3-5-6-7-8-10-24-19-20-26(28(31)27(24)30)33-29(32)25-17-15-23(16-18-25)22-13-11-21(9-4-2)12-14-22/h19-23,25H,3-18H2,1-2H3/t21-,22-,23-,25-. The highest BCUT2D eigenvalue weighted by Crippen LogP contribution is 2.42. The quantitative estimate of drug-likeness (QED) is 0.187. The molecule has 2 aliphatic rings. The molecule has 2 nitrogen and oxygen atoms in total. The highest BCUT2D eigenvalue weighted by Gasteiger charge is 2.34. The van der Waals surface area contributed by atoms with Crippen LogP contribution in [0.4, 0.5) is 8.78 Å². The van der Waals surface area contributed by atoms with Gasteiger partial charge in [-0.25, -0.2) is 4.39 Å². The van der Waals surface area contributed by atoms with Crippen molar-refractivity contribution in [3.8, 4) is 5.75 Å². The van der Waals surface area contributed by atoms with Crippen molar-refractivity contribution in [2.75, 3.05) is 0 Å². The number of benzene rings is 1. The topological polar surface area (TPSA) is 26.3 Å². The zero-order chi connectivity index (χ0) is 23.6. The molecule has 0 amide bonds. The van der Waals surface area contributed by atoms with Gasteiger partial charge in [-0.05, 0) is 80.8 Å². The van der Waals surface area contributed by atoms with Gasteiger partial charge in [0.1, 0.15) is 0 Å². The molecule has 0 heterocycles. The largest absolute Gasteiger partial charge is 0.423 e. The van der Waals surface area contributed by atoms with Gasteiger partial charge in [-0.15, -0.1) is 0 Å². The molecule has 0 atom stereocenters. The summed E-state index contributed by atoms with van der Waals surface area (Å²) in [5, 5.41) is 0. The van der Waals surface area contributed by atoms with Gasteiger partial charge in [-0.3, -0.25) is 4.79 Å². The molecule has 0 radical (unpaired) electrons. The number of unbranched alkanes of at least 4 members (excludes halogenated alkanes) is 4. The molecule has 1 aromatic carbocycles. The molecule has 1 aromatic rings. The van der Waals surface area contributed by atoms with Gasteiger partial charge >= 0.3 is 5.97 Å². The minimum Gasteiger partial charge on any atom is -0.423 e. The Morgan fingerprint density at radius 2 is 1.45 bits per heavy atom. The Morgan fingerprint density at radius 1 is 0.818 bits per heavy atom. The second-order valence-corrected chi connectivity index (χ2v) is 10.6. The van der Waals surface area contributed by atoms with Crippen molar-refractivity contribution in [2.24, 2.45) is 23.7 Å². The van der Waals surface area contributed by atoms with E-state index in [9.17, 15) is 13.6 Å². The lowest BCUT2D eigenvalue weighted by Crippen LogP contribution is -2.30. The Labute approximate surface area is 199 Å². The number of esters is 1. The Morgan fingerprint density at radius 3 is 2.09 bits per heavy atom. The van der Waals surface area contributed by atoms with Crippen molar-refractivity contribution in [1.29, 1.82) is 0 Å². The SMILES string of the molecule is CCCCCCCc1ccc(OC(=O)[C@H]2CC[C@H]([C@H]3CC[C@H](CCC)CC3)CC2)c(F)c1F. The van der Waals surface area contributed by atoms with Crippen LogP contribution >= 0.6 is 0 Å². The van der Waals surface area contributed by atoms with E-state index in [1.54, 1.807) is 6.07 Å². The minimum atomic E-state index is -1.02. The lowest BCUT2D eigenvalue weighted by molar-refractivity contribution is -0.140. The zero-order valence-corrected chi connectivity index (χ0v) is 20.9. The van der Waals surface area contributed by atoms with Crippen LogP contribution in [0.25, 0.3) is 0 Å². The van der Waals surface area contributed by atoms with Crippen molar-refractivity contribution in [3.63, 3.8) is 0 Å². The predicted molar refractivity (Wildman–Crippen MR) is 130 cm³/mol. The molecule has 0 spiro atoms. The molecule has 3 rings (SSSR count). The molecule has 2 saturated carbocycles. The van der Waals surface area contributed by atoms with E-state index in [1.165, 1.54) is 51.0 Å². The summed E-state index contributed by atoms with van der Waals surface area (Å²) in [5.41, 5.74) is 0.373. The molecule has 0 aliphatic heterocycles. The molecule has 0 aromatic heterocycles. The Bertz CT molecular complexity index is 731. The molecule has 0 unspecified atom stereocenters. The van der Waals surface area contributed by atoms with Crippen LogP contribution in [0.5, 0.6) is 5.75 Å². The molecule has 4 heteroatoms. The summed E-state index contributed by atoms with van der Waals surface area (Å²) in [4.78, 5) is 12.7. The fourth-order valence-corrected chi connectivity index (χ4v) is 6.14. The average Bonchev–Trinajstić information content (AvgIpc) is 2.84. The summed E-state index contributed by atoms with van der Waals surface area (Å²) in [6.07, 6.45) is 17.6. The van der Waals surface area contributed by atoms with E-state index in [4.69, 9.17) is 4.74 Å². The lowest BCUT2D eigenvalue weighted by atomic mass is 9.69. The van der Waals surface area contributed by atoms with E-state index in [2.05, 4.69) is 13.8 Å². The average molecular weight is 463 g/mol.